The van der Waals surface area contributed by atoms with E-state index in [4.69, 9.17) is 0 Å². The Kier molecular flexibility index (Phi) is 4.23. The minimum Gasteiger partial charge on any atom is -0.322 e. The number of benzene rings is 2. The number of hydrogen-bond donors (Lipinski definition) is 1. The molecule has 0 saturated heterocycles. The van der Waals surface area contributed by atoms with Gasteiger partial charge in [-0.25, -0.2) is 8.42 Å². The molecule has 134 valence electrons. The van der Waals surface area contributed by atoms with E-state index in [0.717, 1.165) is 29.7 Å². The van der Waals surface area contributed by atoms with E-state index in [0.29, 0.717) is 5.56 Å². The Hall–Kier alpha value is -2.87. The molecule has 0 saturated carbocycles. The molecule has 0 aromatic heterocycles. The average Bonchev–Trinajstić information content (AvgIpc) is 2.88. The highest BCUT2D eigenvalue weighted by Crippen LogP contribution is 2.31. The van der Waals surface area contributed by atoms with Crippen molar-refractivity contribution in [3.05, 3.63) is 71.1 Å². The lowest BCUT2D eigenvalue weighted by Crippen LogP contribution is -2.13. The van der Waals surface area contributed by atoms with E-state index in [1.54, 1.807) is 6.07 Å². The number of anilines is 1. The van der Waals surface area contributed by atoms with E-state index in [1.807, 2.05) is 0 Å². The van der Waals surface area contributed by atoms with Gasteiger partial charge in [0.25, 0.3) is 5.91 Å². The summed E-state index contributed by atoms with van der Waals surface area (Å²) in [6, 6.07) is 8.43. The Morgan fingerprint density at radius 1 is 1.04 bits per heavy atom. The molecular weight excluding hydrogens is 367 g/mol. The first-order chi connectivity index (χ1) is 12.1. The molecular formula is C18H12F3NO3S. The monoisotopic (exact) mass is 379 g/mol. The lowest BCUT2D eigenvalue weighted by atomic mass is 10.0. The summed E-state index contributed by atoms with van der Waals surface area (Å²) in [7, 11) is -3.52. The number of rotatable bonds is 3. The second-order valence-corrected chi connectivity index (χ2v) is 7.41. The minimum absolute atomic E-state index is 0.0415. The summed E-state index contributed by atoms with van der Waals surface area (Å²) < 4.78 is 61.4. The van der Waals surface area contributed by atoms with Gasteiger partial charge in [0, 0.05) is 16.7 Å². The van der Waals surface area contributed by atoms with Crippen molar-refractivity contribution in [2.75, 3.05) is 5.32 Å². The zero-order chi connectivity index (χ0) is 19.1. The van der Waals surface area contributed by atoms with Gasteiger partial charge in [-0.15, -0.1) is 0 Å². The molecule has 8 heteroatoms. The van der Waals surface area contributed by atoms with Crippen molar-refractivity contribution in [2.45, 2.75) is 11.1 Å². The number of amides is 1. The van der Waals surface area contributed by atoms with Gasteiger partial charge in [0.1, 0.15) is 0 Å². The Labute approximate surface area is 147 Å². The summed E-state index contributed by atoms with van der Waals surface area (Å²) >= 11 is 0. The molecule has 1 aliphatic heterocycles. The molecule has 1 amide bonds. The molecule has 0 aliphatic carbocycles. The first-order valence-electron chi connectivity index (χ1n) is 7.33. The number of halogens is 3. The van der Waals surface area contributed by atoms with Crippen LogP contribution in [0.15, 0.2) is 59.3 Å². The van der Waals surface area contributed by atoms with Crippen LogP contribution in [-0.2, 0) is 20.8 Å². The van der Waals surface area contributed by atoms with Crippen molar-refractivity contribution in [1.29, 1.82) is 0 Å². The first-order valence-corrected chi connectivity index (χ1v) is 8.88. The van der Waals surface area contributed by atoms with Crippen LogP contribution in [0.3, 0.4) is 0 Å². The third kappa shape index (κ3) is 3.41. The zero-order valence-corrected chi connectivity index (χ0v) is 14.0. The smallest absolute Gasteiger partial charge is 0.322 e. The maximum absolute atomic E-state index is 12.6. The average molecular weight is 379 g/mol. The molecule has 2 aromatic carbocycles. The van der Waals surface area contributed by atoms with Crippen LogP contribution in [0.2, 0.25) is 0 Å². The maximum Gasteiger partial charge on any atom is 0.416 e. The van der Waals surface area contributed by atoms with Gasteiger partial charge < -0.3 is 5.32 Å². The fourth-order valence-electron chi connectivity index (χ4n) is 2.43. The van der Waals surface area contributed by atoms with E-state index in [2.05, 4.69) is 11.9 Å². The van der Waals surface area contributed by atoms with Crippen molar-refractivity contribution in [2.24, 2.45) is 0 Å². The summed E-state index contributed by atoms with van der Waals surface area (Å²) in [5.74, 6) is -0.645. The Morgan fingerprint density at radius 2 is 1.69 bits per heavy atom. The summed E-state index contributed by atoms with van der Waals surface area (Å²) in [4.78, 5) is 12.3. The molecule has 0 fully saturated rings. The van der Waals surface area contributed by atoms with Gasteiger partial charge in [-0.2, -0.15) is 13.2 Å². The van der Waals surface area contributed by atoms with Gasteiger partial charge in [-0.05, 0) is 41.5 Å². The molecule has 2 aromatic rings. The predicted molar refractivity (Wildman–Crippen MR) is 91.8 cm³/mol. The molecule has 0 bridgehead atoms. The number of fused-ring (bicyclic) bond motifs is 1. The largest absolute Gasteiger partial charge is 0.416 e. The number of carbonyl (C=O) groups excluding carboxylic acids is 1. The van der Waals surface area contributed by atoms with Gasteiger partial charge >= 0.3 is 6.18 Å². The van der Waals surface area contributed by atoms with E-state index >= 15 is 0 Å². The maximum atomic E-state index is 12.6. The van der Waals surface area contributed by atoms with Crippen LogP contribution in [0.25, 0.3) is 11.6 Å². The van der Waals surface area contributed by atoms with Crippen molar-refractivity contribution >= 4 is 33.1 Å². The van der Waals surface area contributed by atoms with E-state index in [-0.39, 0.29) is 21.7 Å². The Bertz CT molecular complexity index is 1040. The second kappa shape index (κ2) is 6.14. The molecule has 3 rings (SSSR count). The number of hydrogen-bond acceptors (Lipinski definition) is 3. The fourth-order valence-corrected chi connectivity index (χ4v) is 3.66. The van der Waals surface area contributed by atoms with Crippen molar-refractivity contribution < 1.29 is 26.4 Å². The summed E-state index contributed by atoms with van der Waals surface area (Å²) in [5.41, 5.74) is 0.121. The van der Waals surface area contributed by atoms with Gasteiger partial charge in [0.2, 0.25) is 9.84 Å². The normalized spacial score (nSPS) is 14.7. The lowest BCUT2D eigenvalue weighted by molar-refractivity contribution is -0.137. The van der Waals surface area contributed by atoms with Gasteiger partial charge in [-0.3, -0.25) is 4.79 Å². The lowest BCUT2D eigenvalue weighted by Gasteiger charge is -2.11. The van der Waals surface area contributed by atoms with Crippen LogP contribution in [0.1, 0.15) is 16.7 Å². The summed E-state index contributed by atoms with van der Waals surface area (Å²) in [6.07, 6.45) is -3.01. The highest BCUT2D eigenvalue weighted by atomic mass is 32.2. The van der Waals surface area contributed by atoms with Crippen molar-refractivity contribution in [1.82, 2.24) is 0 Å². The van der Waals surface area contributed by atoms with Crippen LogP contribution >= 0.6 is 0 Å². The molecule has 0 spiro atoms. The molecule has 0 atom stereocenters. The molecule has 26 heavy (non-hydrogen) atoms. The Morgan fingerprint density at radius 3 is 2.31 bits per heavy atom. The molecule has 0 unspecified atom stereocenters. The summed E-state index contributed by atoms with van der Waals surface area (Å²) in [6.45, 7) is 3.59. The van der Waals surface area contributed by atoms with Crippen molar-refractivity contribution in [3.63, 3.8) is 0 Å². The third-order valence-corrected chi connectivity index (χ3v) is 5.30. The van der Waals surface area contributed by atoms with Gasteiger partial charge in [0.15, 0.2) is 0 Å². The van der Waals surface area contributed by atoms with Crippen molar-refractivity contribution in [3.8, 4) is 0 Å². The van der Waals surface area contributed by atoms with Crippen LogP contribution in [-0.4, -0.2) is 14.3 Å². The predicted octanol–water partition coefficient (Wildman–Crippen LogP) is 4.12. The van der Waals surface area contributed by atoms with E-state index in [1.165, 1.54) is 18.2 Å². The highest BCUT2D eigenvalue weighted by Gasteiger charge is 2.30. The van der Waals surface area contributed by atoms with Crippen LogP contribution < -0.4 is 5.32 Å². The molecule has 0 radical (unpaired) electrons. The zero-order valence-electron chi connectivity index (χ0n) is 13.2. The van der Waals surface area contributed by atoms with E-state index in [9.17, 15) is 26.4 Å². The number of nitrogens with one attached hydrogen (secondary N) is 1. The Balaban J connectivity index is 1.78. The number of alkyl halides is 3. The van der Waals surface area contributed by atoms with Crippen LogP contribution in [0, 0.1) is 0 Å². The topological polar surface area (TPSA) is 63.2 Å². The van der Waals surface area contributed by atoms with Gasteiger partial charge in [0.05, 0.1) is 10.5 Å². The SMILES string of the molecule is C=C(C(=O)Nc1ccc2c(c1)S(=O)(=O)C=C2)c1ccc(C(F)(F)F)cc1. The molecule has 1 aliphatic rings. The van der Waals surface area contributed by atoms with E-state index < -0.39 is 27.5 Å². The molecule has 1 heterocycles. The number of sulfone groups is 1. The van der Waals surface area contributed by atoms with Crippen LogP contribution in [0.5, 0.6) is 0 Å². The highest BCUT2D eigenvalue weighted by molar-refractivity contribution is 7.94. The van der Waals surface area contributed by atoms with Crippen LogP contribution in [0.4, 0.5) is 18.9 Å². The fraction of sp³-hybridized carbons (Fsp3) is 0.0556. The molecule has 1 N–H and O–H groups in total. The number of carbonyl (C=O) groups is 1. The second-order valence-electron chi connectivity index (χ2n) is 5.61. The van der Waals surface area contributed by atoms with Gasteiger partial charge in [-0.1, -0.05) is 24.8 Å². The minimum atomic E-state index is -4.47. The quantitative estimate of drug-likeness (QED) is 0.816. The standard InChI is InChI=1S/C18H12F3NO3S/c1-11(12-2-5-14(6-3-12)18(19,20)21)17(23)22-15-7-4-13-8-9-26(24,25)16(13)10-15/h2-10H,1H2,(H,22,23). The third-order valence-electron chi connectivity index (χ3n) is 3.84. The first kappa shape index (κ1) is 17.9. The summed E-state index contributed by atoms with van der Waals surface area (Å²) in [5, 5.41) is 3.57. The molecule has 4 nitrogen and oxygen atoms in total.